The molecule has 6 aromatic heterocycles. The van der Waals surface area contributed by atoms with Gasteiger partial charge >= 0.3 is 0 Å². The highest BCUT2D eigenvalue weighted by Gasteiger charge is 2.30. The summed E-state index contributed by atoms with van der Waals surface area (Å²) >= 11 is 0. The second-order valence-electron chi connectivity index (χ2n) is 16.7. The van der Waals surface area contributed by atoms with Crippen LogP contribution < -0.4 is 36.4 Å². The Bertz CT molecular complexity index is 3060. The van der Waals surface area contributed by atoms with Gasteiger partial charge in [-0.05, 0) is 43.4 Å². The molecule has 10 heterocycles. The molecule has 16 heteroatoms. The van der Waals surface area contributed by atoms with Crippen LogP contribution in [0, 0.1) is 0 Å². The molecule has 4 aliphatic heterocycles. The summed E-state index contributed by atoms with van der Waals surface area (Å²) in [5.74, 6) is 1.19. The molecule has 0 atom stereocenters. The van der Waals surface area contributed by atoms with Gasteiger partial charge in [-0.25, -0.2) is 9.97 Å². The van der Waals surface area contributed by atoms with E-state index in [1.807, 2.05) is 73.3 Å². The normalized spacial score (nSPS) is 15.9. The Balaban J connectivity index is 0.000000144. The summed E-state index contributed by atoms with van der Waals surface area (Å²) in [6.45, 7) is 8.93. The van der Waals surface area contributed by atoms with Crippen LogP contribution in [0.5, 0.6) is 0 Å². The minimum Gasteiger partial charge on any atom is -0.368 e. The molecule has 2 saturated heterocycles. The number of aromatic amines is 2. The van der Waals surface area contributed by atoms with Crippen molar-refractivity contribution in [1.82, 2.24) is 50.8 Å². The van der Waals surface area contributed by atoms with E-state index in [4.69, 9.17) is 9.97 Å². The van der Waals surface area contributed by atoms with Gasteiger partial charge in [0.15, 0.2) is 0 Å². The second kappa shape index (κ2) is 17.0. The summed E-state index contributed by atoms with van der Waals surface area (Å²) < 4.78 is 0. The smallest absolute Gasteiger partial charge is 0.254 e. The van der Waals surface area contributed by atoms with Gasteiger partial charge < -0.3 is 51.3 Å². The number of pyridine rings is 4. The molecule has 0 bridgehead atoms. The summed E-state index contributed by atoms with van der Waals surface area (Å²) in [5, 5.41) is 18.1. The third-order valence-corrected chi connectivity index (χ3v) is 12.7. The number of amides is 2. The minimum atomic E-state index is -0.0940. The number of piperazine rings is 2. The van der Waals surface area contributed by atoms with Gasteiger partial charge in [0.1, 0.15) is 11.6 Å². The first-order valence-electron chi connectivity index (χ1n) is 22.0. The number of carbonyl (C=O) groups is 2. The Morgan fingerprint density at radius 2 is 1.02 bits per heavy atom. The van der Waals surface area contributed by atoms with Gasteiger partial charge in [0.25, 0.3) is 11.8 Å². The van der Waals surface area contributed by atoms with Crippen molar-refractivity contribution in [1.29, 1.82) is 0 Å². The van der Waals surface area contributed by atoms with Crippen LogP contribution in [0.25, 0.3) is 44.3 Å². The highest BCUT2D eigenvalue weighted by molar-refractivity contribution is 6.08. The van der Waals surface area contributed by atoms with Gasteiger partial charge in [-0.2, -0.15) is 0 Å². The van der Waals surface area contributed by atoms with Crippen LogP contribution in [0.3, 0.4) is 0 Å². The number of rotatable bonds is 8. The lowest BCUT2D eigenvalue weighted by Crippen LogP contribution is -2.44. The number of H-pyrrole nitrogens is 2. The van der Waals surface area contributed by atoms with Crippen molar-refractivity contribution in [2.24, 2.45) is 0 Å². The largest absolute Gasteiger partial charge is 0.368 e. The Morgan fingerprint density at radius 1 is 0.538 bits per heavy atom. The van der Waals surface area contributed by atoms with Crippen LogP contribution in [-0.4, -0.2) is 106 Å². The fourth-order valence-corrected chi connectivity index (χ4v) is 9.23. The lowest BCUT2D eigenvalue weighted by molar-refractivity contribution is 0.0958. The molecule has 0 spiro atoms. The summed E-state index contributed by atoms with van der Waals surface area (Å²) in [5.41, 5.74) is 12.4. The van der Waals surface area contributed by atoms with Gasteiger partial charge in [-0.15, -0.1) is 0 Å². The first-order chi connectivity index (χ1) is 31.9. The number of aromatic nitrogens is 6. The average molecular weight is 865 g/mol. The van der Waals surface area contributed by atoms with Crippen molar-refractivity contribution in [3.05, 3.63) is 132 Å². The van der Waals surface area contributed by atoms with Crippen molar-refractivity contribution < 1.29 is 9.59 Å². The van der Waals surface area contributed by atoms with E-state index in [2.05, 4.69) is 92.5 Å². The molecule has 0 aliphatic carbocycles. The van der Waals surface area contributed by atoms with Gasteiger partial charge in [0.2, 0.25) is 0 Å². The first-order valence-corrected chi connectivity index (χ1v) is 22.0. The SMILES string of the molecule is CN1CCN(c2ccc(Nc3cnc(-c4c[nH]c5ccccc45)c4c3C(=O)NC4)nc2)CC1.O=C1NCc2c(-c3c[nH]c4ccccc34)ncc(Nc3ccc(N4CCNCC4)cn3)c21. The van der Waals surface area contributed by atoms with E-state index in [1.165, 1.54) is 0 Å². The molecule has 8 aromatic rings. The molecule has 326 valence electrons. The monoisotopic (exact) mass is 864 g/mol. The quantitative estimate of drug-likeness (QED) is 0.0895. The van der Waals surface area contributed by atoms with E-state index >= 15 is 0 Å². The molecule has 4 aliphatic rings. The van der Waals surface area contributed by atoms with Gasteiger partial charge in [0, 0.05) is 122 Å². The van der Waals surface area contributed by atoms with E-state index in [1.54, 1.807) is 12.4 Å². The highest BCUT2D eigenvalue weighted by Crippen LogP contribution is 2.38. The van der Waals surface area contributed by atoms with Crippen molar-refractivity contribution in [3.63, 3.8) is 0 Å². The molecule has 2 fully saturated rings. The predicted octanol–water partition coefficient (Wildman–Crippen LogP) is 6.39. The maximum Gasteiger partial charge on any atom is 0.254 e. The summed E-state index contributed by atoms with van der Waals surface area (Å²) in [4.78, 5) is 57.7. The molecular weight excluding hydrogens is 817 g/mol. The van der Waals surface area contributed by atoms with E-state index in [-0.39, 0.29) is 11.8 Å². The van der Waals surface area contributed by atoms with Crippen LogP contribution in [0.2, 0.25) is 0 Å². The third-order valence-electron chi connectivity index (χ3n) is 12.7. The lowest BCUT2D eigenvalue weighted by atomic mass is 10.0. The zero-order valence-electron chi connectivity index (χ0n) is 35.9. The van der Waals surface area contributed by atoms with Crippen molar-refractivity contribution >= 4 is 68.0 Å². The molecule has 2 aromatic carbocycles. The van der Waals surface area contributed by atoms with Crippen LogP contribution in [0.4, 0.5) is 34.4 Å². The van der Waals surface area contributed by atoms with Crippen LogP contribution in [-0.2, 0) is 13.1 Å². The summed E-state index contributed by atoms with van der Waals surface area (Å²) in [7, 11) is 2.15. The van der Waals surface area contributed by atoms with E-state index in [0.29, 0.717) is 47.2 Å². The van der Waals surface area contributed by atoms with Gasteiger partial charge in [-0.3, -0.25) is 19.6 Å². The summed E-state index contributed by atoms with van der Waals surface area (Å²) in [6, 6.07) is 24.3. The van der Waals surface area contributed by atoms with Crippen LogP contribution in [0.1, 0.15) is 31.8 Å². The Labute approximate surface area is 374 Å². The van der Waals surface area contributed by atoms with Crippen molar-refractivity contribution in [2.45, 2.75) is 13.1 Å². The predicted molar refractivity (Wildman–Crippen MR) is 255 cm³/mol. The Kier molecular flexibility index (Phi) is 10.5. The van der Waals surface area contributed by atoms with Crippen molar-refractivity contribution in [2.75, 3.05) is 79.8 Å². The molecule has 12 rings (SSSR count). The second-order valence-corrected chi connectivity index (χ2v) is 16.7. The van der Waals surface area contributed by atoms with Gasteiger partial charge in [0.05, 0.1) is 70.1 Å². The maximum atomic E-state index is 12.7. The minimum absolute atomic E-state index is 0.0925. The molecule has 0 saturated carbocycles. The number of hydrogen-bond donors (Lipinski definition) is 7. The number of anilines is 6. The van der Waals surface area contributed by atoms with Crippen LogP contribution >= 0.6 is 0 Å². The molecule has 0 unspecified atom stereocenters. The Morgan fingerprint density at radius 3 is 1.49 bits per heavy atom. The number of likely N-dealkylation sites (N-methyl/N-ethyl adjacent to an activating group) is 1. The highest BCUT2D eigenvalue weighted by atomic mass is 16.2. The maximum absolute atomic E-state index is 12.7. The molecular formula is C49H48N14O2. The van der Waals surface area contributed by atoms with Gasteiger partial charge in [-0.1, -0.05) is 36.4 Å². The van der Waals surface area contributed by atoms with Crippen LogP contribution in [0.15, 0.2) is 110 Å². The molecule has 0 radical (unpaired) electrons. The number of nitrogens with one attached hydrogen (secondary N) is 7. The number of nitrogens with zero attached hydrogens (tertiary/aromatic N) is 7. The standard InChI is InChI=1S/C25H25N7O.C24H23N7O/c1-31-8-10-32(11-9-31)16-6-7-22(27-12-16)30-21-15-28-24(19-14-29-25(33)23(19)21)18-13-26-20-5-3-2-4-17(18)20;32-24-22-18(13-29-24)23(17-12-26-19-4-2-1-3-16(17)19)28-14-20(22)30-21-6-5-15(11-27-21)31-9-7-25-8-10-31/h2-7,12-13,15,26H,8-11,14H2,1H3,(H,27,30)(H,29,33);1-6,11-12,14,25-26H,7-10,13H2,(H,27,30)(H,29,32). The number of benzene rings is 2. The number of para-hydroxylation sites is 2. The Hall–Kier alpha value is -7.82. The molecule has 7 N–H and O–H groups in total. The van der Waals surface area contributed by atoms with E-state index in [0.717, 1.165) is 119 Å². The lowest BCUT2D eigenvalue weighted by Gasteiger charge is -2.33. The van der Waals surface area contributed by atoms with E-state index < -0.39 is 0 Å². The zero-order chi connectivity index (χ0) is 43.9. The molecule has 65 heavy (non-hydrogen) atoms. The van der Waals surface area contributed by atoms with Crippen molar-refractivity contribution in [3.8, 4) is 22.5 Å². The average Bonchev–Trinajstić information content (AvgIpc) is 4.17. The van der Waals surface area contributed by atoms with E-state index in [9.17, 15) is 9.59 Å². The number of hydrogen-bond acceptors (Lipinski definition) is 12. The molecule has 2 amide bonds. The fourth-order valence-electron chi connectivity index (χ4n) is 9.23. The first kappa shape index (κ1) is 40.0. The third kappa shape index (κ3) is 7.72. The number of fused-ring (bicyclic) bond motifs is 4. The zero-order valence-corrected chi connectivity index (χ0v) is 35.9. The topological polar surface area (TPSA) is 187 Å². The molecule has 16 nitrogen and oxygen atoms in total. The summed E-state index contributed by atoms with van der Waals surface area (Å²) in [6.07, 6.45) is 11.1. The fraction of sp³-hybridized carbons (Fsp3) is 0.224. The number of carbonyl (C=O) groups excluding carboxylic acids is 2.